The number of nitriles is 1. The van der Waals surface area contributed by atoms with Crippen molar-refractivity contribution in [3.8, 4) is 11.8 Å². The van der Waals surface area contributed by atoms with Crippen LogP contribution < -0.4 is 5.56 Å². The van der Waals surface area contributed by atoms with Gasteiger partial charge in [-0.15, -0.1) is 0 Å². The lowest BCUT2D eigenvalue weighted by molar-refractivity contribution is 0.665. The SMILES string of the molecule is Cc1cc(C=Nn2c(C(C)C)nc3ccc(Br)cc3c2=O)c(C)n1-c1ccc(C#N)cc1. The summed E-state index contributed by atoms with van der Waals surface area (Å²) in [6.45, 7) is 8.02. The minimum absolute atomic E-state index is 0.0268. The average Bonchev–Trinajstić information content (AvgIpc) is 3.06. The molecule has 32 heavy (non-hydrogen) atoms. The second-order valence-electron chi connectivity index (χ2n) is 7.97. The molecule has 2 aromatic heterocycles. The molecule has 2 heterocycles. The van der Waals surface area contributed by atoms with E-state index in [0.717, 1.165) is 27.1 Å². The standard InChI is InChI=1S/C25H22BrN5O/c1-15(2)24-29-23-10-7-20(26)12-22(23)25(32)31(24)28-14-19-11-16(3)30(17(19)4)21-8-5-18(13-27)6-9-21/h5-12,14-15H,1-4H3. The number of aromatic nitrogens is 3. The molecule has 0 atom stereocenters. The fourth-order valence-corrected chi connectivity index (χ4v) is 4.13. The van der Waals surface area contributed by atoms with Crippen molar-refractivity contribution < 1.29 is 0 Å². The minimum Gasteiger partial charge on any atom is -0.318 e. The number of rotatable bonds is 4. The van der Waals surface area contributed by atoms with Crippen molar-refractivity contribution in [2.75, 3.05) is 0 Å². The molecule has 0 radical (unpaired) electrons. The molecule has 0 saturated carbocycles. The molecular formula is C25H22BrN5O. The molecular weight excluding hydrogens is 466 g/mol. The zero-order valence-electron chi connectivity index (χ0n) is 18.3. The monoisotopic (exact) mass is 487 g/mol. The van der Waals surface area contributed by atoms with E-state index in [-0.39, 0.29) is 11.5 Å². The molecule has 4 rings (SSSR count). The third-order valence-electron chi connectivity index (χ3n) is 5.39. The van der Waals surface area contributed by atoms with Crippen molar-refractivity contribution in [1.82, 2.24) is 14.2 Å². The van der Waals surface area contributed by atoms with Crippen LogP contribution in [0.1, 0.15) is 48.1 Å². The van der Waals surface area contributed by atoms with Gasteiger partial charge < -0.3 is 4.57 Å². The Morgan fingerprint density at radius 1 is 1.12 bits per heavy atom. The van der Waals surface area contributed by atoms with Crippen molar-refractivity contribution in [2.24, 2.45) is 5.10 Å². The van der Waals surface area contributed by atoms with Crippen LogP contribution in [0.15, 0.2) is 62.9 Å². The highest BCUT2D eigenvalue weighted by Gasteiger charge is 2.15. The number of benzene rings is 2. The summed E-state index contributed by atoms with van der Waals surface area (Å²) < 4.78 is 4.32. The fourth-order valence-electron chi connectivity index (χ4n) is 3.77. The quantitative estimate of drug-likeness (QED) is 0.359. The first kappa shape index (κ1) is 21.7. The molecule has 160 valence electrons. The second-order valence-corrected chi connectivity index (χ2v) is 8.88. The van der Waals surface area contributed by atoms with E-state index in [1.807, 2.05) is 58.0 Å². The topological polar surface area (TPSA) is 76.0 Å². The Hall–Kier alpha value is -3.50. The van der Waals surface area contributed by atoms with E-state index >= 15 is 0 Å². The third-order valence-corrected chi connectivity index (χ3v) is 5.88. The smallest absolute Gasteiger partial charge is 0.282 e. The number of hydrogen-bond acceptors (Lipinski definition) is 4. The Balaban J connectivity index is 1.81. The lowest BCUT2D eigenvalue weighted by Crippen LogP contribution is -2.23. The van der Waals surface area contributed by atoms with E-state index in [2.05, 4.69) is 31.7 Å². The molecule has 0 N–H and O–H groups in total. The second kappa shape index (κ2) is 8.56. The first-order valence-corrected chi connectivity index (χ1v) is 11.1. The summed E-state index contributed by atoms with van der Waals surface area (Å²) in [6, 6.07) is 17.1. The van der Waals surface area contributed by atoms with Gasteiger partial charge in [0.05, 0.1) is 28.8 Å². The lowest BCUT2D eigenvalue weighted by Gasteiger charge is -2.12. The van der Waals surface area contributed by atoms with Crippen LogP contribution in [-0.4, -0.2) is 20.4 Å². The summed E-state index contributed by atoms with van der Waals surface area (Å²) in [5.41, 5.74) is 4.98. The molecule has 0 bridgehead atoms. The van der Waals surface area contributed by atoms with E-state index < -0.39 is 0 Å². The van der Waals surface area contributed by atoms with Crippen molar-refractivity contribution in [2.45, 2.75) is 33.6 Å². The van der Waals surface area contributed by atoms with E-state index in [1.165, 1.54) is 4.68 Å². The highest BCUT2D eigenvalue weighted by molar-refractivity contribution is 9.10. The van der Waals surface area contributed by atoms with Crippen LogP contribution in [0.5, 0.6) is 0 Å². The summed E-state index contributed by atoms with van der Waals surface area (Å²) in [6.07, 6.45) is 1.71. The number of hydrogen-bond donors (Lipinski definition) is 0. The van der Waals surface area contributed by atoms with Gasteiger partial charge in [0.15, 0.2) is 0 Å². The fraction of sp³-hybridized carbons (Fsp3) is 0.200. The van der Waals surface area contributed by atoms with E-state index in [9.17, 15) is 4.79 Å². The van der Waals surface area contributed by atoms with Crippen LogP contribution in [0, 0.1) is 25.2 Å². The molecule has 4 aromatic rings. The molecule has 0 spiro atoms. The van der Waals surface area contributed by atoms with Crippen LogP contribution >= 0.6 is 15.9 Å². The average molecular weight is 488 g/mol. The zero-order chi connectivity index (χ0) is 23.0. The van der Waals surface area contributed by atoms with Gasteiger partial charge in [0, 0.05) is 33.0 Å². The predicted molar refractivity (Wildman–Crippen MR) is 131 cm³/mol. The van der Waals surface area contributed by atoms with E-state index in [1.54, 1.807) is 24.4 Å². The Bertz CT molecular complexity index is 1450. The molecule has 0 fully saturated rings. The van der Waals surface area contributed by atoms with Crippen LogP contribution in [0.2, 0.25) is 0 Å². The maximum Gasteiger partial charge on any atom is 0.282 e. The van der Waals surface area contributed by atoms with Crippen molar-refractivity contribution >= 4 is 33.0 Å². The molecule has 0 aliphatic heterocycles. The molecule has 6 nitrogen and oxygen atoms in total. The third kappa shape index (κ3) is 3.90. The van der Waals surface area contributed by atoms with Gasteiger partial charge in [0.1, 0.15) is 5.82 Å². The van der Waals surface area contributed by atoms with Crippen molar-refractivity contribution in [3.05, 3.63) is 91.7 Å². The Morgan fingerprint density at radius 3 is 2.50 bits per heavy atom. The molecule has 7 heteroatoms. The largest absolute Gasteiger partial charge is 0.318 e. The summed E-state index contributed by atoms with van der Waals surface area (Å²) in [4.78, 5) is 17.9. The number of aryl methyl sites for hydroxylation is 1. The molecule has 0 amide bonds. The number of nitrogens with zero attached hydrogens (tertiary/aromatic N) is 5. The molecule has 2 aromatic carbocycles. The molecule has 0 unspecified atom stereocenters. The Labute approximate surface area is 194 Å². The van der Waals surface area contributed by atoms with Gasteiger partial charge in [-0.1, -0.05) is 29.8 Å². The maximum absolute atomic E-state index is 13.2. The lowest BCUT2D eigenvalue weighted by atomic mass is 10.2. The molecule has 0 saturated heterocycles. The maximum atomic E-state index is 13.2. The summed E-state index contributed by atoms with van der Waals surface area (Å²) >= 11 is 3.43. The molecule has 0 aliphatic carbocycles. The number of halogens is 1. The Kier molecular flexibility index (Phi) is 5.81. The first-order valence-electron chi connectivity index (χ1n) is 10.3. The predicted octanol–water partition coefficient (Wildman–Crippen LogP) is 5.44. The van der Waals surface area contributed by atoms with Crippen molar-refractivity contribution in [3.63, 3.8) is 0 Å². The molecule has 0 aliphatic rings. The highest BCUT2D eigenvalue weighted by atomic mass is 79.9. The van der Waals surface area contributed by atoms with Gasteiger partial charge in [0.2, 0.25) is 0 Å². The van der Waals surface area contributed by atoms with Gasteiger partial charge in [0.25, 0.3) is 5.56 Å². The van der Waals surface area contributed by atoms with Gasteiger partial charge in [-0.05, 0) is 62.4 Å². The van der Waals surface area contributed by atoms with Gasteiger partial charge in [-0.25, -0.2) is 4.98 Å². The minimum atomic E-state index is -0.197. The highest BCUT2D eigenvalue weighted by Crippen LogP contribution is 2.21. The summed E-state index contributed by atoms with van der Waals surface area (Å²) in [7, 11) is 0. The van der Waals surface area contributed by atoms with E-state index in [4.69, 9.17) is 10.2 Å². The van der Waals surface area contributed by atoms with Crippen molar-refractivity contribution in [1.29, 1.82) is 5.26 Å². The Morgan fingerprint density at radius 2 is 1.84 bits per heavy atom. The van der Waals surface area contributed by atoms with Crippen LogP contribution in [0.3, 0.4) is 0 Å². The van der Waals surface area contributed by atoms with Crippen LogP contribution in [-0.2, 0) is 0 Å². The summed E-state index contributed by atoms with van der Waals surface area (Å²) in [5, 5.41) is 14.1. The van der Waals surface area contributed by atoms with Crippen LogP contribution in [0.25, 0.3) is 16.6 Å². The zero-order valence-corrected chi connectivity index (χ0v) is 19.9. The first-order chi connectivity index (χ1) is 15.3. The van der Waals surface area contributed by atoms with Gasteiger partial charge in [-0.2, -0.15) is 15.0 Å². The normalized spacial score (nSPS) is 11.5. The van der Waals surface area contributed by atoms with E-state index in [0.29, 0.717) is 22.3 Å². The summed E-state index contributed by atoms with van der Waals surface area (Å²) in [5.74, 6) is 0.640. The van der Waals surface area contributed by atoms with Crippen LogP contribution in [0.4, 0.5) is 0 Å². The van der Waals surface area contributed by atoms with Gasteiger partial charge >= 0.3 is 0 Å². The van der Waals surface area contributed by atoms with Gasteiger partial charge in [-0.3, -0.25) is 4.79 Å². The number of fused-ring (bicyclic) bond motifs is 1.